The standard InChI is InChI=1S/C19H19N3O3S/c23-18(7-6-17-20-21-19(25-17)15-8-11-26-13-15)22-9-10-24-16(12-22)14-4-2-1-3-5-14/h1-5,8,11,13,16H,6-7,9-10,12H2. The molecule has 1 unspecified atom stereocenters. The molecule has 0 aliphatic carbocycles. The normalized spacial score (nSPS) is 17.4. The van der Waals surface area contributed by atoms with E-state index in [0.717, 1.165) is 11.1 Å². The van der Waals surface area contributed by atoms with Gasteiger partial charge in [0.25, 0.3) is 0 Å². The van der Waals surface area contributed by atoms with Gasteiger partial charge in [-0.15, -0.1) is 10.2 Å². The molecule has 1 saturated heterocycles. The maximum absolute atomic E-state index is 12.6. The molecule has 1 aliphatic rings. The van der Waals surface area contributed by atoms with E-state index >= 15 is 0 Å². The van der Waals surface area contributed by atoms with Crippen LogP contribution in [0.3, 0.4) is 0 Å². The van der Waals surface area contributed by atoms with E-state index in [2.05, 4.69) is 10.2 Å². The fourth-order valence-electron chi connectivity index (χ4n) is 2.97. The van der Waals surface area contributed by atoms with Crippen molar-refractivity contribution in [3.63, 3.8) is 0 Å². The second kappa shape index (κ2) is 7.80. The van der Waals surface area contributed by atoms with Gasteiger partial charge in [0, 0.05) is 30.3 Å². The summed E-state index contributed by atoms with van der Waals surface area (Å²) in [6.45, 7) is 1.74. The quantitative estimate of drug-likeness (QED) is 0.690. The molecule has 1 aromatic carbocycles. The summed E-state index contributed by atoms with van der Waals surface area (Å²) >= 11 is 1.58. The van der Waals surface area contributed by atoms with Crippen molar-refractivity contribution in [1.82, 2.24) is 15.1 Å². The molecule has 3 aromatic rings. The molecular weight excluding hydrogens is 350 g/mol. The number of aromatic nitrogens is 2. The third-order valence-corrected chi connectivity index (χ3v) is 5.06. The number of rotatable bonds is 5. The van der Waals surface area contributed by atoms with Gasteiger partial charge in [-0.25, -0.2) is 0 Å². The number of carbonyl (C=O) groups is 1. The fourth-order valence-corrected chi connectivity index (χ4v) is 3.60. The molecule has 1 aliphatic heterocycles. The summed E-state index contributed by atoms with van der Waals surface area (Å²) in [7, 11) is 0. The molecule has 0 radical (unpaired) electrons. The number of hydrogen-bond donors (Lipinski definition) is 0. The highest BCUT2D eigenvalue weighted by atomic mass is 32.1. The zero-order valence-corrected chi connectivity index (χ0v) is 15.0. The van der Waals surface area contributed by atoms with Gasteiger partial charge in [0.05, 0.1) is 13.2 Å². The van der Waals surface area contributed by atoms with Crippen LogP contribution in [0, 0.1) is 0 Å². The van der Waals surface area contributed by atoms with Gasteiger partial charge in [0.1, 0.15) is 6.10 Å². The van der Waals surface area contributed by atoms with Gasteiger partial charge in [0.2, 0.25) is 17.7 Å². The summed E-state index contributed by atoms with van der Waals surface area (Å²) in [5, 5.41) is 12.0. The SMILES string of the molecule is O=C(CCc1nnc(-c2ccsc2)o1)N1CCOC(c2ccccc2)C1. The highest BCUT2D eigenvalue weighted by Gasteiger charge is 2.25. The Morgan fingerprint density at radius 1 is 1.23 bits per heavy atom. The van der Waals surface area contributed by atoms with Crippen LogP contribution >= 0.6 is 11.3 Å². The average molecular weight is 369 g/mol. The number of amides is 1. The van der Waals surface area contributed by atoms with Crippen molar-refractivity contribution < 1.29 is 13.9 Å². The molecule has 3 heterocycles. The van der Waals surface area contributed by atoms with Gasteiger partial charge in [-0.2, -0.15) is 11.3 Å². The van der Waals surface area contributed by atoms with E-state index < -0.39 is 0 Å². The second-order valence-corrected chi connectivity index (χ2v) is 6.90. The number of hydrogen-bond acceptors (Lipinski definition) is 6. The predicted molar refractivity (Wildman–Crippen MR) is 97.6 cm³/mol. The minimum atomic E-state index is -0.0671. The third kappa shape index (κ3) is 3.84. The maximum atomic E-state index is 12.6. The molecule has 1 amide bonds. The van der Waals surface area contributed by atoms with Crippen LogP contribution in [0.25, 0.3) is 11.5 Å². The number of morpholine rings is 1. The first-order valence-corrected chi connectivity index (χ1v) is 9.53. The Balaban J connectivity index is 1.33. The molecule has 134 valence electrons. The van der Waals surface area contributed by atoms with Crippen LogP contribution in [0.5, 0.6) is 0 Å². The Bertz CT molecular complexity index is 848. The molecule has 1 fully saturated rings. The highest BCUT2D eigenvalue weighted by molar-refractivity contribution is 7.08. The Morgan fingerprint density at radius 2 is 2.12 bits per heavy atom. The molecule has 1 atom stereocenters. The van der Waals surface area contributed by atoms with E-state index in [9.17, 15) is 4.79 Å². The van der Waals surface area contributed by atoms with Crippen LogP contribution in [-0.2, 0) is 16.0 Å². The highest BCUT2D eigenvalue weighted by Crippen LogP contribution is 2.23. The lowest BCUT2D eigenvalue weighted by Gasteiger charge is -2.33. The fraction of sp³-hybridized carbons (Fsp3) is 0.316. The number of nitrogens with zero attached hydrogens (tertiary/aromatic N) is 3. The monoisotopic (exact) mass is 369 g/mol. The van der Waals surface area contributed by atoms with Gasteiger partial charge in [-0.1, -0.05) is 30.3 Å². The van der Waals surface area contributed by atoms with Crippen molar-refractivity contribution in [3.8, 4) is 11.5 Å². The minimum Gasteiger partial charge on any atom is -0.421 e. The van der Waals surface area contributed by atoms with Crippen molar-refractivity contribution in [1.29, 1.82) is 0 Å². The van der Waals surface area contributed by atoms with E-state index in [-0.39, 0.29) is 12.0 Å². The number of aryl methyl sites for hydroxylation is 1. The summed E-state index contributed by atoms with van der Waals surface area (Å²) in [5.41, 5.74) is 2.02. The van der Waals surface area contributed by atoms with Gasteiger partial charge in [-0.3, -0.25) is 4.79 Å². The first-order valence-electron chi connectivity index (χ1n) is 8.59. The van der Waals surface area contributed by atoms with Crippen molar-refractivity contribution in [2.75, 3.05) is 19.7 Å². The van der Waals surface area contributed by atoms with E-state index in [0.29, 0.717) is 44.3 Å². The van der Waals surface area contributed by atoms with Crippen molar-refractivity contribution >= 4 is 17.2 Å². The summed E-state index contributed by atoms with van der Waals surface area (Å²) in [6.07, 6.45) is 0.735. The lowest BCUT2D eigenvalue weighted by molar-refractivity contribution is -0.139. The first-order chi connectivity index (χ1) is 12.8. The lowest BCUT2D eigenvalue weighted by Crippen LogP contribution is -2.42. The summed E-state index contributed by atoms with van der Waals surface area (Å²) in [4.78, 5) is 14.4. The van der Waals surface area contributed by atoms with Crippen molar-refractivity contribution in [2.24, 2.45) is 0 Å². The van der Waals surface area contributed by atoms with E-state index in [1.165, 1.54) is 0 Å². The van der Waals surface area contributed by atoms with Crippen LogP contribution in [0.2, 0.25) is 0 Å². The van der Waals surface area contributed by atoms with Gasteiger partial charge in [-0.05, 0) is 17.0 Å². The molecule has 0 N–H and O–H groups in total. The molecule has 0 spiro atoms. The van der Waals surface area contributed by atoms with Gasteiger partial charge in [0.15, 0.2) is 0 Å². The van der Waals surface area contributed by atoms with Crippen LogP contribution in [0.1, 0.15) is 24.0 Å². The average Bonchev–Trinajstić information content (AvgIpc) is 3.38. The Kier molecular flexibility index (Phi) is 5.08. The van der Waals surface area contributed by atoms with E-state index in [1.54, 1.807) is 11.3 Å². The second-order valence-electron chi connectivity index (χ2n) is 6.12. The number of carbonyl (C=O) groups excluding carboxylic acids is 1. The number of thiophene rings is 1. The van der Waals surface area contributed by atoms with E-state index in [1.807, 2.05) is 52.1 Å². The lowest BCUT2D eigenvalue weighted by atomic mass is 10.1. The Hall–Kier alpha value is -2.51. The topological polar surface area (TPSA) is 68.5 Å². The molecule has 4 rings (SSSR count). The van der Waals surface area contributed by atoms with Crippen LogP contribution in [-0.4, -0.2) is 40.7 Å². The molecule has 2 aromatic heterocycles. The molecule has 0 saturated carbocycles. The predicted octanol–water partition coefficient (Wildman–Crippen LogP) is 3.33. The van der Waals surface area contributed by atoms with Crippen LogP contribution in [0.15, 0.2) is 51.6 Å². The molecule has 6 nitrogen and oxygen atoms in total. The van der Waals surface area contributed by atoms with Gasteiger partial charge >= 0.3 is 0 Å². The molecule has 7 heteroatoms. The Labute approximate surface area is 155 Å². The molecular formula is C19H19N3O3S. The smallest absolute Gasteiger partial charge is 0.248 e. The summed E-state index contributed by atoms with van der Waals surface area (Å²) < 4.78 is 11.5. The summed E-state index contributed by atoms with van der Waals surface area (Å²) in [5.74, 6) is 1.08. The minimum absolute atomic E-state index is 0.0671. The van der Waals surface area contributed by atoms with Gasteiger partial charge < -0.3 is 14.1 Å². The number of benzene rings is 1. The molecule has 0 bridgehead atoms. The van der Waals surface area contributed by atoms with Crippen molar-refractivity contribution in [3.05, 3.63) is 58.6 Å². The third-order valence-electron chi connectivity index (χ3n) is 4.38. The molecule has 26 heavy (non-hydrogen) atoms. The largest absolute Gasteiger partial charge is 0.421 e. The Morgan fingerprint density at radius 3 is 2.92 bits per heavy atom. The van der Waals surface area contributed by atoms with Crippen molar-refractivity contribution in [2.45, 2.75) is 18.9 Å². The van der Waals surface area contributed by atoms with Crippen LogP contribution in [0.4, 0.5) is 0 Å². The zero-order chi connectivity index (χ0) is 17.8. The van der Waals surface area contributed by atoms with E-state index in [4.69, 9.17) is 9.15 Å². The first kappa shape index (κ1) is 16.9. The van der Waals surface area contributed by atoms with Crippen LogP contribution < -0.4 is 0 Å². The number of ether oxygens (including phenoxy) is 1. The zero-order valence-electron chi connectivity index (χ0n) is 14.2. The maximum Gasteiger partial charge on any atom is 0.248 e. The summed E-state index contributed by atoms with van der Waals surface area (Å²) in [6, 6.07) is 11.9.